The van der Waals surface area contributed by atoms with Gasteiger partial charge in [0, 0.05) is 0 Å². The molecule has 3 atom stereocenters. The average Bonchev–Trinajstić information content (AvgIpc) is 2.44. The zero-order valence-corrected chi connectivity index (χ0v) is 12.6. The molecule has 4 N–H and O–H groups in total. The van der Waals surface area contributed by atoms with Crippen LogP contribution in [0.5, 0.6) is 0 Å². The first-order valence-corrected chi connectivity index (χ1v) is 6.78. The minimum Gasteiger partial charge on any atom is -0.394 e. The van der Waals surface area contributed by atoms with E-state index in [1.54, 1.807) is 27.7 Å². The predicted molar refractivity (Wildman–Crippen MR) is 74.0 cm³/mol. The zero-order chi connectivity index (χ0) is 16.3. The molecule has 0 fully saturated rings. The van der Waals surface area contributed by atoms with Gasteiger partial charge >= 0.3 is 6.03 Å². The normalized spacial score (nSPS) is 20.5. The third-order valence-corrected chi connectivity index (χ3v) is 2.96. The number of hydrogen-bond donors (Lipinski definition) is 4. The van der Waals surface area contributed by atoms with Crippen molar-refractivity contribution in [1.29, 1.82) is 0 Å². The molecule has 1 heterocycles. The Morgan fingerprint density at radius 2 is 1.57 bits per heavy atom. The van der Waals surface area contributed by atoms with Crippen molar-refractivity contribution in [2.75, 3.05) is 6.61 Å². The van der Waals surface area contributed by atoms with Crippen molar-refractivity contribution in [1.82, 2.24) is 15.4 Å². The molecule has 0 aromatic rings. The molecule has 1 aliphatic heterocycles. The summed E-state index contributed by atoms with van der Waals surface area (Å²) in [6, 6.07) is -0.971. The summed E-state index contributed by atoms with van der Waals surface area (Å²) in [6.45, 7) is 6.26. The lowest BCUT2D eigenvalue weighted by atomic mass is 10.1. The third kappa shape index (κ3) is 3.82. The van der Waals surface area contributed by atoms with Crippen LogP contribution in [0.15, 0.2) is 5.10 Å². The molecule has 0 aromatic heterocycles. The number of amides is 2. The molecule has 21 heavy (non-hydrogen) atoms. The Balaban J connectivity index is 3.04. The van der Waals surface area contributed by atoms with Gasteiger partial charge < -0.3 is 20.4 Å². The van der Waals surface area contributed by atoms with Crippen molar-refractivity contribution in [3.63, 3.8) is 0 Å². The molecule has 2 amide bonds. The highest BCUT2D eigenvalue weighted by atomic mass is 16.4. The number of aliphatic hydroxyl groups excluding tert-OH is 4. The summed E-state index contributed by atoms with van der Waals surface area (Å²) in [5, 5.41) is 44.1. The van der Waals surface area contributed by atoms with Crippen molar-refractivity contribution in [2.45, 2.75) is 58.1 Å². The number of carbonyl (C=O) groups excluding carboxylic acids is 1. The Kier molecular flexibility index (Phi) is 5.90. The van der Waals surface area contributed by atoms with E-state index in [9.17, 15) is 20.1 Å². The van der Waals surface area contributed by atoms with E-state index in [1.807, 2.05) is 0 Å². The van der Waals surface area contributed by atoms with Crippen LogP contribution in [0.3, 0.4) is 0 Å². The monoisotopic (exact) mass is 303 g/mol. The molecule has 1 aliphatic rings. The number of rotatable bonds is 6. The van der Waals surface area contributed by atoms with Crippen molar-refractivity contribution >= 4 is 11.9 Å². The van der Waals surface area contributed by atoms with Crippen LogP contribution < -0.4 is 5.43 Å². The molecule has 0 saturated heterocycles. The molecule has 0 saturated carbocycles. The second-order valence-electron chi connectivity index (χ2n) is 5.40. The molecular formula is C12H23N4O5. The molecule has 0 unspecified atom stereocenters. The van der Waals surface area contributed by atoms with E-state index >= 15 is 0 Å². The molecule has 9 heteroatoms. The van der Waals surface area contributed by atoms with Crippen LogP contribution in [-0.2, 0) is 0 Å². The summed E-state index contributed by atoms with van der Waals surface area (Å²) in [5.41, 5.74) is 3.92. The minimum atomic E-state index is -1.66. The molecule has 0 aromatic carbocycles. The van der Waals surface area contributed by atoms with Gasteiger partial charge in [0.2, 0.25) is 5.84 Å². The lowest BCUT2D eigenvalue weighted by Crippen LogP contribution is -2.60. The van der Waals surface area contributed by atoms with Gasteiger partial charge in [0.1, 0.15) is 18.3 Å². The van der Waals surface area contributed by atoms with Crippen LogP contribution in [0.25, 0.3) is 0 Å². The summed E-state index contributed by atoms with van der Waals surface area (Å²) >= 11 is 0. The highest BCUT2D eigenvalue weighted by Gasteiger charge is 2.38. The van der Waals surface area contributed by atoms with Crippen LogP contribution in [0, 0.1) is 0 Å². The lowest BCUT2D eigenvalue weighted by Gasteiger charge is -2.37. The summed E-state index contributed by atoms with van der Waals surface area (Å²) < 4.78 is 0. The fourth-order valence-corrected chi connectivity index (χ4v) is 1.69. The van der Waals surface area contributed by atoms with E-state index in [1.165, 1.54) is 0 Å². The number of hydrogen-bond acceptors (Lipinski definition) is 6. The molecule has 0 aliphatic carbocycles. The number of hydrazone groups is 1. The van der Waals surface area contributed by atoms with Gasteiger partial charge in [-0.3, -0.25) is 0 Å². The summed E-state index contributed by atoms with van der Waals surface area (Å²) in [5.74, 6) is -0.197. The largest absolute Gasteiger partial charge is 0.394 e. The molecule has 0 spiro atoms. The second-order valence-corrected chi connectivity index (χ2v) is 5.40. The van der Waals surface area contributed by atoms with E-state index in [-0.39, 0.29) is 17.9 Å². The zero-order valence-electron chi connectivity index (χ0n) is 12.6. The Bertz CT molecular complexity index is 401. The second kappa shape index (κ2) is 7.03. The van der Waals surface area contributed by atoms with E-state index in [0.717, 1.165) is 10.0 Å². The molecule has 1 radical (unpaired) electrons. The lowest BCUT2D eigenvalue weighted by molar-refractivity contribution is -0.0586. The molecule has 0 bridgehead atoms. The van der Waals surface area contributed by atoms with Crippen LogP contribution in [0.1, 0.15) is 27.7 Å². The fraction of sp³-hybridized carbons (Fsp3) is 0.833. The van der Waals surface area contributed by atoms with Gasteiger partial charge in [0.25, 0.3) is 0 Å². The summed E-state index contributed by atoms with van der Waals surface area (Å²) in [7, 11) is 0. The van der Waals surface area contributed by atoms with Crippen molar-refractivity contribution in [3.05, 3.63) is 0 Å². The summed E-state index contributed by atoms with van der Waals surface area (Å²) in [4.78, 5) is 12.2. The Morgan fingerprint density at radius 3 is 2.00 bits per heavy atom. The topological polar surface area (TPSA) is 131 Å². The third-order valence-electron chi connectivity index (χ3n) is 2.96. The van der Waals surface area contributed by atoms with Crippen LogP contribution in [0.4, 0.5) is 4.79 Å². The predicted octanol–water partition coefficient (Wildman–Crippen LogP) is -1.55. The maximum absolute atomic E-state index is 12.2. The SMILES string of the molecule is CC(C)N1[N]C([C@@H](O)[C@@H](O)[C@H](O)CO)=NN(C(C)C)C1=O. The van der Waals surface area contributed by atoms with Gasteiger partial charge in [0.05, 0.1) is 18.7 Å². The Labute approximate surface area is 123 Å². The van der Waals surface area contributed by atoms with Crippen molar-refractivity contribution in [2.24, 2.45) is 5.10 Å². The Hall–Kier alpha value is -1.42. The van der Waals surface area contributed by atoms with E-state index in [2.05, 4.69) is 10.5 Å². The maximum Gasteiger partial charge on any atom is 0.361 e. The fourth-order valence-electron chi connectivity index (χ4n) is 1.69. The number of nitrogens with zero attached hydrogens (tertiary/aromatic N) is 4. The number of amidine groups is 1. The quantitative estimate of drug-likeness (QED) is 0.472. The number of urea groups is 1. The van der Waals surface area contributed by atoms with Gasteiger partial charge in [-0.05, 0) is 27.7 Å². The molecular weight excluding hydrogens is 280 g/mol. The van der Waals surface area contributed by atoms with E-state index < -0.39 is 30.9 Å². The van der Waals surface area contributed by atoms with Gasteiger partial charge in [0.15, 0.2) is 0 Å². The molecule has 9 nitrogen and oxygen atoms in total. The smallest absolute Gasteiger partial charge is 0.361 e. The first-order valence-electron chi connectivity index (χ1n) is 6.78. The van der Waals surface area contributed by atoms with Crippen molar-refractivity contribution in [3.8, 4) is 0 Å². The summed E-state index contributed by atoms with van der Waals surface area (Å²) in [6.07, 6.45) is -4.81. The van der Waals surface area contributed by atoms with E-state index in [4.69, 9.17) is 5.11 Å². The molecule has 121 valence electrons. The van der Waals surface area contributed by atoms with Crippen LogP contribution in [0.2, 0.25) is 0 Å². The minimum absolute atomic E-state index is 0.197. The number of aliphatic hydroxyl groups is 4. The Morgan fingerprint density at radius 1 is 1.05 bits per heavy atom. The standard InChI is InChI=1S/C12H23N4O5/c1-6(2)15-12(21)16(7(3)4)14-11(13-15)10(20)9(19)8(18)5-17/h6-10,17-20H,5H2,1-4H3/t8-,9+,10+/m1/s1. The first kappa shape index (κ1) is 17.6. The molecule has 1 rings (SSSR count). The van der Waals surface area contributed by atoms with Gasteiger partial charge in [-0.15, -0.1) is 10.5 Å². The average molecular weight is 303 g/mol. The highest BCUT2D eigenvalue weighted by Crippen LogP contribution is 2.15. The van der Waals surface area contributed by atoms with Crippen LogP contribution in [-0.4, -0.2) is 79.3 Å². The van der Waals surface area contributed by atoms with Gasteiger partial charge in [-0.2, -0.15) is 0 Å². The first-order chi connectivity index (χ1) is 9.70. The number of carbonyl (C=O) groups is 1. The van der Waals surface area contributed by atoms with Crippen molar-refractivity contribution < 1.29 is 25.2 Å². The highest BCUT2D eigenvalue weighted by molar-refractivity contribution is 5.92. The van der Waals surface area contributed by atoms with Crippen LogP contribution >= 0.6 is 0 Å². The maximum atomic E-state index is 12.2. The van der Waals surface area contributed by atoms with E-state index in [0.29, 0.717) is 0 Å². The van der Waals surface area contributed by atoms with Gasteiger partial charge in [-0.25, -0.2) is 14.8 Å². The van der Waals surface area contributed by atoms with Gasteiger partial charge in [-0.1, -0.05) is 0 Å².